The Bertz CT molecular complexity index is 993. The molecule has 0 fully saturated rings. The molecule has 138 valence electrons. The van der Waals surface area contributed by atoms with Gasteiger partial charge in [0.15, 0.2) is 11.0 Å². The molecule has 0 spiro atoms. The number of hydrogen-bond acceptors (Lipinski definition) is 6. The number of nitrogens with one attached hydrogen (secondary N) is 1. The molecule has 3 rings (SSSR count). The van der Waals surface area contributed by atoms with E-state index in [1.54, 1.807) is 11.6 Å². The summed E-state index contributed by atoms with van der Waals surface area (Å²) in [5.41, 5.74) is 0.361. The van der Waals surface area contributed by atoms with Gasteiger partial charge in [-0.1, -0.05) is 42.1 Å². The second-order valence-corrected chi connectivity index (χ2v) is 6.43. The topological polar surface area (TPSA) is 103 Å². The van der Waals surface area contributed by atoms with Gasteiger partial charge in [-0.15, -0.1) is 10.2 Å². The van der Waals surface area contributed by atoms with Crippen LogP contribution in [0.5, 0.6) is 0 Å². The van der Waals surface area contributed by atoms with E-state index in [1.807, 2.05) is 30.3 Å². The van der Waals surface area contributed by atoms with Gasteiger partial charge in [0.25, 0.3) is 0 Å². The molecule has 1 N–H and O–H groups in total. The van der Waals surface area contributed by atoms with Crippen LogP contribution in [0.1, 0.15) is 0 Å². The van der Waals surface area contributed by atoms with Crippen molar-refractivity contribution in [3.05, 3.63) is 64.5 Å². The molecule has 1 amide bonds. The maximum atomic E-state index is 13.3. The van der Waals surface area contributed by atoms with Crippen LogP contribution in [-0.4, -0.2) is 31.3 Å². The van der Waals surface area contributed by atoms with Crippen molar-refractivity contribution in [1.82, 2.24) is 14.8 Å². The van der Waals surface area contributed by atoms with Crippen LogP contribution in [-0.2, 0) is 11.8 Å². The van der Waals surface area contributed by atoms with Crippen molar-refractivity contribution in [3.8, 4) is 11.4 Å². The normalized spacial score (nSPS) is 10.6. The molecule has 0 aliphatic carbocycles. The number of nitro groups is 1. The highest BCUT2D eigenvalue weighted by atomic mass is 32.2. The highest BCUT2D eigenvalue weighted by Gasteiger charge is 2.16. The van der Waals surface area contributed by atoms with Gasteiger partial charge in [-0.3, -0.25) is 14.9 Å². The Balaban J connectivity index is 1.64. The van der Waals surface area contributed by atoms with Crippen LogP contribution in [0, 0.1) is 15.9 Å². The molecule has 1 heterocycles. The van der Waals surface area contributed by atoms with Crippen LogP contribution in [0.4, 0.5) is 15.8 Å². The monoisotopic (exact) mass is 387 g/mol. The molecular formula is C17H14FN5O3S. The van der Waals surface area contributed by atoms with Crippen molar-refractivity contribution in [1.29, 1.82) is 0 Å². The Morgan fingerprint density at radius 1 is 1.26 bits per heavy atom. The molecule has 0 aliphatic rings. The Kier molecular flexibility index (Phi) is 5.46. The maximum absolute atomic E-state index is 13.3. The number of anilines is 1. The first-order valence-electron chi connectivity index (χ1n) is 7.77. The number of carbonyl (C=O) groups is 1. The standard InChI is InChI=1S/C17H14FN5O3S/c1-22-16(11-5-3-2-4-6-11)20-21-17(22)27-10-15(24)19-12-7-8-13(18)14(9-12)23(25)26/h2-9H,10H2,1H3,(H,19,24). The van der Waals surface area contributed by atoms with E-state index in [1.165, 1.54) is 17.8 Å². The molecule has 10 heteroatoms. The largest absolute Gasteiger partial charge is 0.325 e. The minimum absolute atomic E-state index is 0.0198. The van der Waals surface area contributed by atoms with E-state index in [2.05, 4.69) is 15.5 Å². The zero-order valence-electron chi connectivity index (χ0n) is 14.1. The van der Waals surface area contributed by atoms with Gasteiger partial charge in [0, 0.05) is 24.4 Å². The van der Waals surface area contributed by atoms with Gasteiger partial charge >= 0.3 is 5.69 Å². The van der Waals surface area contributed by atoms with E-state index < -0.39 is 22.3 Å². The maximum Gasteiger partial charge on any atom is 0.306 e. The number of nitrogens with zero attached hydrogens (tertiary/aromatic N) is 4. The fourth-order valence-electron chi connectivity index (χ4n) is 2.34. The molecule has 0 aliphatic heterocycles. The lowest BCUT2D eigenvalue weighted by atomic mass is 10.2. The lowest BCUT2D eigenvalue weighted by Gasteiger charge is -2.06. The van der Waals surface area contributed by atoms with Crippen LogP contribution < -0.4 is 5.32 Å². The number of amides is 1. The zero-order valence-corrected chi connectivity index (χ0v) is 14.9. The van der Waals surface area contributed by atoms with Gasteiger partial charge in [-0.25, -0.2) is 0 Å². The summed E-state index contributed by atoms with van der Waals surface area (Å²) in [6.45, 7) is 0. The van der Waals surface area contributed by atoms with Crippen molar-refractivity contribution >= 4 is 29.0 Å². The van der Waals surface area contributed by atoms with E-state index >= 15 is 0 Å². The van der Waals surface area contributed by atoms with Gasteiger partial charge in [0.1, 0.15) is 0 Å². The highest BCUT2D eigenvalue weighted by Crippen LogP contribution is 2.24. The number of rotatable bonds is 6. The molecule has 0 bridgehead atoms. The van der Waals surface area contributed by atoms with Crippen molar-refractivity contribution in [2.75, 3.05) is 11.1 Å². The molecule has 0 atom stereocenters. The van der Waals surface area contributed by atoms with Crippen LogP contribution in [0.15, 0.2) is 53.7 Å². The minimum Gasteiger partial charge on any atom is -0.325 e. The number of hydrogen-bond donors (Lipinski definition) is 1. The summed E-state index contributed by atoms with van der Waals surface area (Å²) in [7, 11) is 1.80. The fraction of sp³-hybridized carbons (Fsp3) is 0.118. The van der Waals surface area contributed by atoms with Gasteiger partial charge in [-0.05, 0) is 12.1 Å². The molecular weight excluding hydrogens is 373 g/mol. The predicted octanol–water partition coefficient (Wildman–Crippen LogP) is 3.26. The van der Waals surface area contributed by atoms with E-state index in [-0.39, 0.29) is 11.4 Å². The summed E-state index contributed by atoms with van der Waals surface area (Å²) in [5, 5.41) is 22.0. The summed E-state index contributed by atoms with van der Waals surface area (Å²) in [4.78, 5) is 22.0. The van der Waals surface area contributed by atoms with Gasteiger partial charge in [0.2, 0.25) is 11.7 Å². The number of thioether (sulfide) groups is 1. The summed E-state index contributed by atoms with van der Waals surface area (Å²) >= 11 is 1.17. The minimum atomic E-state index is -0.958. The Morgan fingerprint density at radius 2 is 2.00 bits per heavy atom. The SMILES string of the molecule is Cn1c(SCC(=O)Nc2ccc(F)c([N+](=O)[O-])c2)nnc1-c1ccccc1. The lowest BCUT2D eigenvalue weighted by molar-refractivity contribution is -0.387. The zero-order chi connectivity index (χ0) is 19.4. The average Bonchev–Trinajstić information content (AvgIpc) is 3.02. The van der Waals surface area contributed by atoms with Crippen LogP contribution in [0.2, 0.25) is 0 Å². The molecule has 8 nitrogen and oxygen atoms in total. The van der Waals surface area contributed by atoms with E-state index in [4.69, 9.17) is 0 Å². The quantitative estimate of drug-likeness (QED) is 0.396. The number of benzene rings is 2. The van der Waals surface area contributed by atoms with Crippen molar-refractivity contribution in [3.63, 3.8) is 0 Å². The van der Waals surface area contributed by atoms with E-state index in [0.717, 1.165) is 17.7 Å². The average molecular weight is 387 g/mol. The molecule has 0 saturated carbocycles. The number of aromatic nitrogens is 3. The molecule has 0 saturated heterocycles. The van der Waals surface area contributed by atoms with Crippen molar-refractivity contribution < 1.29 is 14.1 Å². The van der Waals surface area contributed by atoms with Crippen LogP contribution >= 0.6 is 11.8 Å². The number of nitro benzene ring substituents is 1. The lowest BCUT2D eigenvalue weighted by Crippen LogP contribution is -2.14. The number of halogens is 1. The van der Waals surface area contributed by atoms with Crippen molar-refractivity contribution in [2.45, 2.75) is 5.16 Å². The van der Waals surface area contributed by atoms with Gasteiger partial charge in [-0.2, -0.15) is 4.39 Å². The van der Waals surface area contributed by atoms with Crippen LogP contribution in [0.3, 0.4) is 0 Å². The van der Waals surface area contributed by atoms with Crippen molar-refractivity contribution in [2.24, 2.45) is 7.05 Å². The summed E-state index contributed by atoms with van der Waals surface area (Å²) in [6, 6.07) is 12.7. The third-order valence-corrected chi connectivity index (χ3v) is 4.65. The smallest absolute Gasteiger partial charge is 0.306 e. The molecule has 27 heavy (non-hydrogen) atoms. The molecule has 3 aromatic rings. The van der Waals surface area contributed by atoms with Gasteiger partial charge < -0.3 is 9.88 Å². The van der Waals surface area contributed by atoms with E-state index in [9.17, 15) is 19.3 Å². The predicted molar refractivity (Wildman–Crippen MR) is 98.8 cm³/mol. The summed E-state index contributed by atoms with van der Waals surface area (Å²) < 4.78 is 15.1. The Morgan fingerprint density at radius 3 is 2.70 bits per heavy atom. The molecule has 2 aromatic carbocycles. The third-order valence-electron chi connectivity index (χ3n) is 3.63. The fourth-order valence-corrected chi connectivity index (χ4v) is 3.05. The van der Waals surface area contributed by atoms with Crippen LogP contribution in [0.25, 0.3) is 11.4 Å². The first-order chi connectivity index (χ1) is 13.0. The Hall–Kier alpha value is -3.27. The molecule has 1 aromatic heterocycles. The summed E-state index contributed by atoms with van der Waals surface area (Å²) in [5.74, 6) is -0.663. The molecule has 0 unspecified atom stereocenters. The second-order valence-electron chi connectivity index (χ2n) is 5.49. The second kappa shape index (κ2) is 7.96. The summed E-state index contributed by atoms with van der Waals surface area (Å²) in [6.07, 6.45) is 0. The first-order valence-corrected chi connectivity index (χ1v) is 8.75. The first kappa shape index (κ1) is 18.5. The molecule has 0 radical (unpaired) electrons. The Labute approximate surface area is 157 Å². The number of carbonyl (C=O) groups excluding carboxylic acids is 1. The highest BCUT2D eigenvalue weighted by molar-refractivity contribution is 7.99. The third kappa shape index (κ3) is 4.29. The van der Waals surface area contributed by atoms with E-state index in [0.29, 0.717) is 11.0 Å². The van der Waals surface area contributed by atoms with Gasteiger partial charge in [0.05, 0.1) is 10.7 Å².